The van der Waals surface area contributed by atoms with Crippen molar-refractivity contribution < 1.29 is 32.8 Å². The Labute approximate surface area is 200 Å². The average Bonchev–Trinajstić information content (AvgIpc) is 3.00. The van der Waals surface area contributed by atoms with Crippen molar-refractivity contribution >= 4 is 23.6 Å². The van der Waals surface area contributed by atoms with Gasteiger partial charge in [-0.05, 0) is 26.3 Å². The maximum Gasteiger partial charge on any atom is 0.429 e. The van der Waals surface area contributed by atoms with Gasteiger partial charge in [0, 0.05) is 13.1 Å². The predicted molar refractivity (Wildman–Crippen MR) is 121 cm³/mol. The first-order valence-corrected chi connectivity index (χ1v) is 10.8. The summed E-state index contributed by atoms with van der Waals surface area (Å²) in [6, 6.07) is 10.2. The fourth-order valence-corrected chi connectivity index (χ4v) is 3.46. The molecule has 35 heavy (non-hydrogen) atoms. The second-order valence-corrected chi connectivity index (χ2v) is 8.77. The van der Waals surface area contributed by atoms with Crippen LogP contribution in [0.1, 0.15) is 26.3 Å². The van der Waals surface area contributed by atoms with Gasteiger partial charge in [-0.3, -0.25) is 10.1 Å². The molecule has 2 amide bonds. The lowest BCUT2D eigenvalue weighted by atomic mass is 10.2. The average molecular weight is 492 g/mol. The summed E-state index contributed by atoms with van der Waals surface area (Å²) < 4.78 is 40.0. The summed E-state index contributed by atoms with van der Waals surface area (Å²) >= 11 is 0. The lowest BCUT2D eigenvalue weighted by Crippen LogP contribution is -2.52. The zero-order valence-corrected chi connectivity index (χ0v) is 19.6. The number of rotatable bonds is 4. The van der Waals surface area contributed by atoms with Gasteiger partial charge in [0.1, 0.15) is 17.9 Å². The Hall–Kier alpha value is -3.96. The van der Waals surface area contributed by atoms with Crippen molar-refractivity contribution in [3.8, 4) is 0 Å². The molecule has 1 heterocycles. The lowest BCUT2D eigenvalue weighted by molar-refractivity contribution is -0.385. The van der Waals surface area contributed by atoms with Crippen LogP contribution in [0.15, 0.2) is 42.5 Å². The van der Waals surface area contributed by atoms with E-state index in [2.05, 4.69) is 0 Å². The lowest BCUT2D eigenvalue weighted by Gasteiger charge is -2.33. The largest absolute Gasteiger partial charge is 0.443 e. The van der Waals surface area contributed by atoms with Gasteiger partial charge in [0.25, 0.3) is 5.69 Å². The highest BCUT2D eigenvalue weighted by Gasteiger charge is 2.35. The minimum Gasteiger partial charge on any atom is -0.443 e. The number of hydrogen-bond acceptors (Lipinski definition) is 7. The molecule has 1 aliphatic rings. The number of nitro benzene ring substituents is 1. The molecule has 2 aromatic carbocycles. The molecule has 0 aliphatic carbocycles. The zero-order chi connectivity index (χ0) is 25.8. The van der Waals surface area contributed by atoms with Gasteiger partial charge in [-0.15, -0.1) is 0 Å². The van der Waals surface area contributed by atoms with Gasteiger partial charge in [0.2, 0.25) is 0 Å². The Morgan fingerprint density at radius 3 is 2.03 bits per heavy atom. The molecule has 188 valence electrons. The first kappa shape index (κ1) is 25.7. The summed E-state index contributed by atoms with van der Waals surface area (Å²) in [7, 11) is 0. The minimum absolute atomic E-state index is 0.0480. The van der Waals surface area contributed by atoms with Gasteiger partial charge in [-0.2, -0.15) is 0 Å². The fraction of sp³-hybridized carbons (Fsp3) is 0.391. The van der Waals surface area contributed by atoms with Gasteiger partial charge < -0.3 is 14.4 Å². The molecule has 1 fully saturated rings. The zero-order valence-electron chi connectivity index (χ0n) is 19.6. The van der Waals surface area contributed by atoms with Crippen LogP contribution in [0.2, 0.25) is 0 Å². The molecule has 0 atom stereocenters. The van der Waals surface area contributed by atoms with E-state index in [-0.39, 0.29) is 32.8 Å². The van der Waals surface area contributed by atoms with Gasteiger partial charge in [0.05, 0.1) is 30.1 Å². The van der Waals surface area contributed by atoms with Crippen LogP contribution < -0.4 is 4.90 Å². The molecule has 0 radical (unpaired) electrons. The Balaban J connectivity index is 1.84. The van der Waals surface area contributed by atoms with E-state index in [0.29, 0.717) is 12.1 Å². The molecular weight excluding hydrogens is 466 g/mol. The SMILES string of the molecule is CC(C)(C)OC(=O)N1CCN(c2c(F)cc([N+](=O)[O-])cc2F)CCN1C(=O)OCc1ccccc1. The molecule has 0 unspecified atom stereocenters. The third-order valence-electron chi connectivity index (χ3n) is 5.00. The Bertz CT molecular complexity index is 1070. The third kappa shape index (κ3) is 6.55. The van der Waals surface area contributed by atoms with Crippen molar-refractivity contribution in [2.45, 2.75) is 33.0 Å². The number of nitro groups is 1. The minimum atomic E-state index is -1.12. The third-order valence-corrected chi connectivity index (χ3v) is 5.00. The van der Waals surface area contributed by atoms with Crippen LogP contribution in [0.4, 0.5) is 29.7 Å². The number of non-ortho nitro benzene ring substituents is 1. The summed E-state index contributed by atoms with van der Waals surface area (Å²) in [6.45, 7) is 4.46. The Kier molecular flexibility index (Phi) is 7.72. The predicted octanol–water partition coefficient (Wildman–Crippen LogP) is 4.48. The number of nitrogens with zero attached hydrogens (tertiary/aromatic N) is 4. The molecule has 12 heteroatoms. The number of hydrazine groups is 1. The van der Waals surface area contributed by atoms with E-state index in [9.17, 15) is 28.5 Å². The molecule has 10 nitrogen and oxygen atoms in total. The Morgan fingerprint density at radius 1 is 0.971 bits per heavy atom. The molecule has 2 aromatic rings. The van der Waals surface area contributed by atoms with Crippen molar-refractivity contribution in [2.75, 3.05) is 31.1 Å². The van der Waals surface area contributed by atoms with Gasteiger partial charge >= 0.3 is 12.2 Å². The maximum absolute atomic E-state index is 14.6. The summed E-state index contributed by atoms with van der Waals surface area (Å²) in [5, 5.41) is 13.0. The highest BCUT2D eigenvalue weighted by Crippen LogP contribution is 2.29. The van der Waals surface area contributed by atoms with Gasteiger partial charge in [-0.25, -0.2) is 28.4 Å². The van der Waals surface area contributed by atoms with E-state index in [4.69, 9.17) is 9.47 Å². The number of ether oxygens (including phenoxy) is 2. The molecule has 0 N–H and O–H groups in total. The second kappa shape index (κ2) is 10.5. The van der Waals surface area contributed by atoms with Crippen molar-refractivity contribution in [3.63, 3.8) is 0 Å². The molecule has 3 rings (SSSR count). The summed E-state index contributed by atoms with van der Waals surface area (Å²) in [6.07, 6.45) is -1.67. The summed E-state index contributed by atoms with van der Waals surface area (Å²) in [5.41, 5.74) is -1.34. The standard InChI is InChI=1S/C23H26F2N4O6/c1-23(2,3)35-22(31)28-12-10-26(20-18(24)13-17(29(32)33)14-19(20)25)9-11-27(28)21(30)34-15-16-7-5-4-6-8-16/h4-8,13-14H,9-12,15H2,1-3H3. The molecule has 0 aromatic heterocycles. The van der Waals surface area contributed by atoms with E-state index in [1.807, 2.05) is 6.07 Å². The van der Waals surface area contributed by atoms with E-state index >= 15 is 0 Å². The highest BCUT2D eigenvalue weighted by molar-refractivity contribution is 5.75. The second-order valence-electron chi connectivity index (χ2n) is 8.77. The number of amides is 2. The number of benzene rings is 2. The number of anilines is 1. The number of hydrogen-bond donors (Lipinski definition) is 0. The molecule has 1 saturated heterocycles. The van der Waals surface area contributed by atoms with Crippen molar-refractivity contribution in [1.29, 1.82) is 0 Å². The van der Waals surface area contributed by atoms with E-state index in [1.165, 1.54) is 4.90 Å². The fourth-order valence-electron chi connectivity index (χ4n) is 3.46. The van der Waals surface area contributed by atoms with E-state index in [1.54, 1.807) is 45.0 Å². The highest BCUT2D eigenvalue weighted by atomic mass is 19.1. The molecule has 0 bridgehead atoms. The molecule has 1 aliphatic heterocycles. The quantitative estimate of drug-likeness (QED) is 0.458. The number of carbonyl (C=O) groups excluding carboxylic acids is 2. The molecular formula is C23H26F2N4O6. The van der Waals surface area contributed by atoms with Gasteiger partial charge in [0.15, 0.2) is 11.6 Å². The smallest absolute Gasteiger partial charge is 0.429 e. The number of carbonyl (C=O) groups is 2. The summed E-state index contributed by atoms with van der Waals surface area (Å²) in [4.78, 5) is 37.1. The van der Waals surface area contributed by atoms with E-state index < -0.39 is 45.7 Å². The van der Waals surface area contributed by atoms with Crippen LogP contribution in [0.5, 0.6) is 0 Å². The van der Waals surface area contributed by atoms with Gasteiger partial charge in [-0.1, -0.05) is 30.3 Å². The van der Waals surface area contributed by atoms with Crippen LogP contribution in [0.3, 0.4) is 0 Å². The van der Waals surface area contributed by atoms with E-state index in [0.717, 1.165) is 15.6 Å². The van der Waals surface area contributed by atoms with Crippen molar-refractivity contribution in [1.82, 2.24) is 10.0 Å². The Morgan fingerprint density at radius 2 is 1.51 bits per heavy atom. The molecule has 0 spiro atoms. The van der Waals surface area contributed by atoms with Crippen molar-refractivity contribution in [2.24, 2.45) is 0 Å². The number of halogens is 2. The first-order chi connectivity index (χ1) is 16.5. The van der Waals surface area contributed by atoms with Crippen LogP contribution in [-0.2, 0) is 16.1 Å². The molecule has 0 saturated carbocycles. The van der Waals surface area contributed by atoms with Crippen LogP contribution >= 0.6 is 0 Å². The monoisotopic (exact) mass is 492 g/mol. The first-order valence-electron chi connectivity index (χ1n) is 10.8. The topological polar surface area (TPSA) is 105 Å². The normalized spacial score (nSPS) is 14.4. The van der Waals surface area contributed by atoms with Crippen LogP contribution in [0, 0.1) is 21.7 Å². The maximum atomic E-state index is 14.6. The van der Waals surface area contributed by atoms with Crippen LogP contribution in [0.25, 0.3) is 0 Å². The van der Waals surface area contributed by atoms with Crippen molar-refractivity contribution in [3.05, 3.63) is 69.8 Å². The summed E-state index contributed by atoms with van der Waals surface area (Å²) in [5.74, 6) is -2.25. The van der Waals surface area contributed by atoms with Crippen LogP contribution in [-0.4, -0.2) is 58.9 Å².